The Balaban J connectivity index is 2.13. The molecule has 1 saturated heterocycles. The van der Waals surface area contributed by atoms with E-state index in [2.05, 4.69) is 17.9 Å². The largest absolute Gasteiger partial charge is 0.382 e. The zero-order valence-corrected chi connectivity index (χ0v) is 9.96. The third kappa shape index (κ3) is 4.19. The lowest BCUT2D eigenvalue weighted by molar-refractivity contribution is 0.113. The third-order valence-corrected chi connectivity index (χ3v) is 3.20. The van der Waals surface area contributed by atoms with Gasteiger partial charge in [0.2, 0.25) is 0 Å². The van der Waals surface area contributed by atoms with E-state index in [9.17, 15) is 0 Å². The van der Waals surface area contributed by atoms with Crippen LogP contribution < -0.4 is 0 Å². The summed E-state index contributed by atoms with van der Waals surface area (Å²) in [6, 6.07) is 2.43. The predicted octanol–water partition coefficient (Wildman–Crippen LogP) is 2.04. The van der Waals surface area contributed by atoms with Gasteiger partial charge in [0, 0.05) is 19.8 Å². The second-order valence-electron chi connectivity index (χ2n) is 4.56. The van der Waals surface area contributed by atoms with Gasteiger partial charge in [0.05, 0.1) is 11.5 Å². The number of hydrogen-bond acceptors (Lipinski definition) is 3. The van der Waals surface area contributed by atoms with E-state index < -0.39 is 0 Å². The molecule has 1 fully saturated rings. The normalized spacial score (nSPS) is 21.1. The van der Waals surface area contributed by atoms with E-state index in [1.165, 1.54) is 0 Å². The summed E-state index contributed by atoms with van der Waals surface area (Å²) in [6.45, 7) is 9.02. The van der Waals surface area contributed by atoms with Gasteiger partial charge in [0.15, 0.2) is 0 Å². The molecule has 0 aromatic carbocycles. The fourth-order valence-electron chi connectivity index (χ4n) is 1.92. The van der Waals surface area contributed by atoms with Crippen molar-refractivity contribution >= 4 is 0 Å². The average Bonchev–Trinajstić information content (AvgIpc) is 2.27. The molecule has 0 amide bonds. The highest BCUT2D eigenvalue weighted by atomic mass is 16.5. The maximum absolute atomic E-state index is 8.99. The highest BCUT2D eigenvalue weighted by Crippen LogP contribution is 2.29. The highest BCUT2D eigenvalue weighted by molar-refractivity contribution is 4.98. The molecule has 0 spiro atoms. The molecule has 0 N–H and O–H groups in total. The van der Waals surface area contributed by atoms with Crippen LogP contribution in [0.5, 0.6) is 0 Å². The molecule has 0 bridgehead atoms. The molecule has 0 atom stereocenters. The first kappa shape index (κ1) is 12.5. The Morgan fingerprint density at radius 2 is 2.07 bits per heavy atom. The Morgan fingerprint density at radius 1 is 1.40 bits per heavy atom. The number of hydrogen-bond donors (Lipinski definition) is 0. The van der Waals surface area contributed by atoms with Crippen LogP contribution in [-0.4, -0.2) is 37.7 Å². The van der Waals surface area contributed by atoms with E-state index in [0.29, 0.717) is 0 Å². The molecular weight excluding hydrogens is 188 g/mol. The Morgan fingerprint density at radius 3 is 2.60 bits per heavy atom. The summed E-state index contributed by atoms with van der Waals surface area (Å²) in [7, 11) is 0. The van der Waals surface area contributed by atoms with Gasteiger partial charge in [-0.15, -0.1) is 0 Å². The number of nitrogens with zero attached hydrogens (tertiary/aromatic N) is 2. The van der Waals surface area contributed by atoms with Gasteiger partial charge in [-0.05, 0) is 46.2 Å². The Hall–Kier alpha value is -0.590. The summed E-state index contributed by atoms with van der Waals surface area (Å²) < 4.78 is 5.31. The van der Waals surface area contributed by atoms with Crippen LogP contribution in [-0.2, 0) is 4.74 Å². The molecule has 3 heteroatoms. The molecule has 86 valence electrons. The van der Waals surface area contributed by atoms with E-state index in [-0.39, 0.29) is 5.41 Å². The SMILES string of the molecule is CCOCCCN1CCC(C)(C#N)CC1. The van der Waals surface area contributed by atoms with Crippen molar-refractivity contribution in [2.45, 2.75) is 33.1 Å². The smallest absolute Gasteiger partial charge is 0.0687 e. The minimum absolute atomic E-state index is 0.0730. The van der Waals surface area contributed by atoms with Crippen molar-refractivity contribution in [2.75, 3.05) is 32.8 Å². The van der Waals surface area contributed by atoms with Crippen LogP contribution in [0.25, 0.3) is 0 Å². The zero-order valence-electron chi connectivity index (χ0n) is 9.96. The summed E-state index contributed by atoms with van der Waals surface area (Å²) in [5.41, 5.74) is -0.0730. The van der Waals surface area contributed by atoms with Crippen molar-refractivity contribution in [3.63, 3.8) is 0 Å². The monoisotopic (exact) mass is 210 g/mol. The van der Waals surface area contributed by atoms with Gasteiger partial charge in [-0.1, -0.05) is 0 Å². The standard InChI is InChI=1S/C12H22N2O/c1-3-15-10-4-7-14-8-5-12(2,11-13)6-9-14/h3-10H2,1-2H3. The number of likely N-dealkylation sites (tertiary alicyclic amines) is 1. The molecule has 1 aliphatic rings. The van der Waals surface area contributed by atoms with E-state index >= 15 is 0 Å². The summed E-state index contributed by atoms with van der Waals surface area (Å²) in [5.74, 6) is 0. The van der Waals surface area contributed by atoms with Gasteiger partial charge >= 0.3 is 0 Å². The predicted molar refractivity (Wildman–Crippen MR) is 60.5 cm³/mol. The Labute approximate surface area is 93.0 Å². The van der Waals surface area contributed by atoms with Crippen LogP contribution >= 0.6 is 0 Å². The van der Waals surface area contributed by atoms with Crippen molar-refractivity contribution < 1.29 is 4.74 Å². The van der Waals surface area contributed by atoms with Gasteiger partial charge in [0.1, 0.15) is 0 Å². The number of rotatable bonds is 5. The first-order valence-corrected chi connectivity index (χ1v) is 5.91. The molecule has 0 saturated carbocycles. The van der Waals surface area contributed by atoms with Gasteiger partial charge in [-0.25, -0.2) is 0 Å². The van der Waals surface area contributed by atoms with Crippen LogP contribution in [0.2, 0.25) is 0 Å². The quantitative estimate of drug-likeness (QED) is 0.651. The summed E-state index contributed by atoms with van der Waals surface area (Å²) >= 11 is 0. The molecule has 0 unspecified atom stereocenters. The second-order valence-corrected chi connectivity index (χ2v) is 4.56. The van der Waals surface area contributed by atoms with Crippen LogP contribution in [0.3, 0.4) is 0 Å². The molecule has 15 heavy (non-hydrogen) atoms. The number of ether oxygens (including phenoxy) is 1. The first-order chi connectivity index (χ1) is 7.20. The van der Waals surface area contributed by atoms with Gasteiger partial charge in [-0.2, -0.15) is 5.26 Å². The maximum Gasteiger partial charge on any atom is 0.0687 e. The molecule has 0 radical (unpaired) electrons. The van der Waals surface area contributed by atoms with Crippen LogP contribution in [0, 0.1) is 16.7 Å². The van der Waals surface area contributed by atoms with Crippen molar-refractivity contribution in [3.05, 3.63) is 0 Å². The van der Waals surface area contributed by atoms with E-state index in [1.807, 2.05) is 6.92 Å². The summed E-state index contributed by atoms with van der Waals surface area (Å²) in [5, 5.41) is 8.99. The molecule has 1 aliphatic heterocycles. The molecule has 1 heterocycles. The number of piperidine rings is 1. The molecule has 3 nitrogen and oxygen atoms in total. The molecule has 0 aliphatic carbocycles. The van der Waals surface area contributed by atoms with E-state index in [0.717, 1.165) is 52.1 Å². The summed E-state index contributed by atoms with van der Waals surface area (Å²) in [6.07, 6.45) is 3.13. The van der Waals surface area contributed by atoms with Crippen molar-refractivity contribution in [1.82, 2.24) is 4.90 Å². The van der Waals surface area contributed by atoms with Crippen molar-refractivity contribution in [2.24, 2.45) is 5.41 Å². The van der Waals surface area contributed by atoms with Crippen LogP contribution in [0.15, 0.2) is 0 Å². The molecule has 0 aromatic heterocycles. The topological polar surface area (TPSA) is 36.3 Å². The Kier molecular flexibility index (Phi) is 5.07. The van der Waals surface area contributed by atoms with Gasteiger partial charge < -0.3 is 9.64 Å². The fourth-order valence-corrected chi connectivity index (χ4v) is 1.92. The molecule has 1 rings (SSSR count). The van der Waals surface area contributed by atoms with Crippen molar-refractivity contribution in [3.8, 4) is 6.07 Å². The van der Waals surface area contributed by atoms with Gasteiger partial charge in [-0.3, -0.25) is 0 Å². The third-order valence-electron chi connectivity index (χ3n) is 3.20. The minimum atomic E-state index is -0.0730. The zero-order chi connectivity index (χ0) is 11.1. The highest BCUT2D eigenvalue weighted by Gasteiger charge is 2.29. The van der Waals surface area contributed by atoms with Gasteiger partial charge in [0.25, 0.3) is 0 Å². The van der Waals surface area contributed by atoms with Crippen molar-refractivity contribution in [1.29, 1.82) is 5.26 Å². The number of nitriles is 1. The summed E-state index contributed by atoms with van der Waals surface area (Å²) in [4.78, 5) is 2.44. The van der Waals surface area contributed by atoms with E-state index in [1.54, 1.807) is 0 Å². The van der Waals surface area contributed by atoms with E-state index in [4.69, 9.17) is 10.00 Å². The minimum Gasteiger partial charge on any atom is -0.382 e. The second kappa shape index (κ2) is 6.09. The fraction of sp³-hybridized carbons (Fsp3) is 0.917. The maximum atomic E-state index is 8.99. The van der Waals surface area contributed by atoms with Crippen LogP contribution in [0.1, 0.15) is 33.1 Å². The lowest BCUT2D eigenvalue weighted by Gasteiger charge is -2.34. The Bertz CT molecular complexity index is 214. The molecular formula is C12H22N2O. The first-order valence-electron chi connectivity index (χ1n) is 5.91. The molecule has 0 aromatic rings. The van der Waals surface area contributed by atoms with Crippen LogP contribution in [0.4, 0.5) is 0 Å². The lowest BCUT2D eigenvalue weighted by Crippen LogP contribution is -2.38. The average molecular weight is 210 g/mol. The lowest BCUT2D eigenvalue weighted by atomic mass is 9.82.